The zero-order valence-corrected chi connectivity index (χ0v) is 8.99. The van der Waals surface area contributed by atoms with E-state index in [9.17, 15) is 4.79 Å². The molecule has 0 aliphatic carbocycles. The van der Waals surface area contributed by atoms with Gasteiger partial charge in [0, 0.05) is 23.6 Å². The minimum absolute atomic E-state index is 0.357. The second-order valence-corrected chi connectivity index (χ2v) is 3.44. The van der Waals surface area contributed by atoms with Gasteiger partial charge in [0.15, 0.2) is 0 Å². The summed E-state index contributed by atoms with van der Waals surface area (Å²) in [7, 11) is 1.58. The van der Waals surface area contributed by atoms with Crippen molar-refractivity contribution in [3.63, 3.8) is 0 Å². The molecule has 0 spiro atoms. The number of hydrogen-bond acceptors (Lipinski definition) is 4. The van der Waals surface area contributed by atoms with Crippen molar-refractivity contribution in [1.82, 2.24) is 9.97 Å². The highest BCUT2D eigenvalue weighted by atomic mass is 16.5. The summed E-state index contributed by atoms with van der Waals surface area (Å²) >= 11 is 0. The molecule has 1 aromatic heterocycles. The molecule has 1 heterocycles. The number of methoxy groups -OCH3 is 1. The van der Waals surface area contributed by atoms with Crippen LogP contribution in [0.25, 0.3) is 10.9 Å². The summed E-state index contributed by atoms with van der Waals surface area (Å²) in [5.74, 6) is 0.685. The first kappa shape index (κ1) is 10.6. The predicted octanol–water partition coefficient (Wildman–Crippen LogP) is 0.433. The first-order valence-corrected chi connectivity index (χ1v) is 5.01. The Balaban J connectivity index is 2.68. The highest BCUT2D eigenvalue weighted by Gasteiger charge is 2.05. The summed E-state index contributed by atoms with van der Waals surface area (Å²) in [4.78, 5) is 17.9. The number of nitrogens with zero attached hydrogens (tertiary/aromatic N) is 1. The number of ether oxygens (including phenoxy) is 1. The Bertz CT molecular complexity index is 563. The molecule has 0 saturated carbocycles. The van der Waals surface area contributed by atoms with E-state index in [-0.39, 0.29) is 5.69 Å². The van der Waals surface area contributed by atoms with Crippen LogP contribution in [0.4, 0.5) is 0 Å². The monoisotopic (exact) mass is 219 g/mol. The molecule has 0 amide bonds. The molecular formula is C11H13N3O2. The first-order valence-electron chi connectivity index (χ1n) is 5.01. The van der Waals surface area contributed by atoms with Crippen LogP contribution in [0, 0.1) is 0 Å². The second kappa shape index (κ2) is 4.32. The fraction of sp³-hybridized carbons (Fsp3) is 0.273. The van der Waals surface area contributed by atoms with Gasteiger partial charge in [-0.2, -0.15) is 4.98 Å². The van der Waals surface area contributed by atoms with E-state index in [4.69, 9.17) is 10.5 Å². The Labute approximate surface area is 92.3 Å². The van der Waals surface area contributed by atoms with Crippen LogP contribution < -0.4 is 16.2 Å². The van der Waals surface area contributed by atoms with Crippen LogP contribution in [-0.4, -0.2) is 23.6 Å². The molecule has 3 N–H and O–H groups in total. The first-order chi connectivity index (χ1) is 7.74. The van der Waals surface area contributed by atoms with Crippen molar-refractivity contribution in [2.24, 2.45) is 5.73 Å². The van der Waals surface area contributed by atoms with Crippen molar-refractivity contribution in [1.29, 1.82) is 0 Å². The van der Waals surface area contributed by atoms with Gasteiger partial charge < -0.3 is 15.5 Å². The van der Waals surface area contributed by atoms with Crippen LogP contribution in [0.1, 0.15) is 5.69 Å². The maximum atomic E-state index is 11.3. The van der Waals surface area contributed by atoms with Crippen molar-refractivity contribution in [2.45, 2.75) is 6.42 Å². The van der Waals surface area contributed by atoms with E-state index in [0.717, 1.165) is 11.1 Å². The lowest BCUT2D eigenvalue weighted by Crippen LogP contribution is -2.15. The minimum Gasteiger partial charge on any atom is -0.497 e. The van der Waals surface area contributed by atoms with Crippen LogP contribution in [0.5, 0.6) is 5.75 Å². The molecule has 2 aromatic rings. The largest absolute Gasteiger partial charge is 0.497 e. The zero-order valence-electron chi connectivity index (χ0n) is 8.99. The Morgan fingerprint density at radius 1 is 1.50 bits per heavy atom. The lowest BCUT2D eigenvalue weighted by molar-refractivity contribution is 0.415. The van der Waals surface area contributed by atoms with Gasteiger partial charge in [0.05, 0.1) is 12.6 Å². The third-order valence-electron chi connectivity index (χ3n) is 2.40. The van der Waals surface area contributed by atoms with Gasteiger partial charge in [-0.05, 0) is 18.7 Å². The van der Waals surface area contributed by atoms with Gasteiger partial charge in [0.2, 0.25) is 0 Å². The van der Waals surface area contributed by atoms with E-state index in [1.54, 1.807) is 13.2 Å². The highest BCUT2D eigenvalue weighted by Crippen LogP contribution is 2.19. The molecular weight excluding hydrogens is 206 g/mol. The van der Waals surface area contributed by atoms with E-state index < -0.39 is 0 Å². The van der Waals surface area contributed by atoms with E-state index in [0.29, 0.717) is 24.2 Å². The summed E-state index contributed by atoms with van der Waals surface area (Å²) in [6, 6.07) is 5.45. The summed E-state index contributed by atoms with van der Waals surface area (Å²) in [6.07, 6.45) is 0.626. The molecule has 84 valence electrons. The van der Waals surface area contributed by atoms with Crippen molar-refractivity contribution in [3.05, 3.63) is 34.4 Å². The average molecular weight is 219 g/mol. The van der Waals surface area contributed by atoms with Gasteiger partial charge in [0.25, 0.3) is 0 Å². The van der Waals surface area contributed by atoms with Gasteiger partial charge in [-0.1, -0.05) is 0 Å². The number of fused-ring (bicyclic) bond motifs is 1. The Kier molecular flexibility index (Phi) is 2.87. The molecule has 0 saturated heterocycles. The average Bonchev–Trinajstić information content (AvgIpc) is 2.28. The number of H-pyrrole nitrogens is 1. The zero-order chi connectivity index (χ0) is 11.5. The van der Waals surface area contributed by atoms with Gasteiger partial charge in [0.1, 0.15) is 5.75 Å². The number of rotatable bonds is 3. The normalized spacial score (nSPS) is 10.6. The molecule has 2 rings (SSSR count). The fourth-order valence-corrected chi connectivity index (χ4v) is 1.66. The predicted molar refractivity (Wildman–Crippen MR) is 61.7 cm³/mol. The van der Waals surface area contributed by atoms with E-state index in [1.807, 2.05) is 12.1 Å². The van der Waals surface area contributed by atoms with Crippen molar-refractivity contribution >= 4 is 10.9 Å². The van der Waals surface area contributed by atoms with Crippen LogP contribution >= 0.6 is 0 Å². The molecule has 0 unspecified atom stereocenters. The quantitative estimate of drug-likeness (QED) is 0.784. The summed E-state index contributed by atoms with van der Waals surface area (Å²) in [5, 5.41) is 0.908. The number of benzene rings is 1. The minimum atomic E-state index is -0.357. The molecule has 16 heavy (non-hydrogen) atoms. The number of nitrogens with one attached hydrogen (secondary N) is 1. The lowest BCUT2D eigenvalue weighted by atomic mass is 10.1. The molecule has 5 nitrogen and oxygen atoms in total. The second-order valence-electron chi connectivity index (χ2n) is 3.44. The Morgan fingerprint density at radius 2 is 2.31 bits per heavy atom. The van der Waals surface area contributed by atoms with E-state index in [1.165, 1.54) is 0 Å². The Hall–Kier alpha value is -1.88. The molecule has 0 aliphatic heterocycles. The highest BCUT2D eigenvalue weighted by molar-refractivity contribution is 5.82. The van der Waals surface area contributed by atoms with Gasteiger partial charge in [-0.25, -0.2) is 4.79 Å². The van der Waals surface area contributed by atoms with E-state index >= 15 is 0 Å². The maximum Gasteiger partial charge on any atom is 0.345 e. The lowest BCUT2D eigenvalue weighted by Gasteiger charge is -2.05. The molecule has 0 radical (unpaired) electrons. The van der Waals surface area contributed by atoms with Crippen LogP contribution in [0.15, 0.2) is 23.0 Å². The van der Waals surface area contributed by atoms with Gasteiger partial charge in [-0.3, -0.25) is 0 Å². The van der Waals surface area contributed by atoms with Crippen molar-refractivity contribution in [3.8, 4) is 5.75 Å². The van der Waals surface area contributed by atoms with Crippen molar-refractivity contribution < 1.29 is 4.74 Å². The molecule has 1 aromatic carbocycles. The number of aromatic nitrogens is 2. The fourth-order valence-electron chi connectivity index (χ4n) is 1.66. The third-order valence-corrected chi connectivity index (χ3v) is 2.40. The summed E-state index contributed by atoms with van der Waals surface area (Å²) in [6.45, 7) is 0.487. The number of aromatic amines is 1. The Morgan fingerprint density at radius 3 is 3.00 bits per heavy atom. The SMILES string of the molecule is COc1ccc2c(CCN)[nH]c(=O)nc2c1. The van der Waals surface area contributed by atoms with Crippen LogP contribution in [-0.2, 0) is 6.42 Å². The van der Waals surface area contributed by atoms with E-state index in [2.05, 4.69) is 9.97 Å². The summed E-state index contributed by atoms with van der Waals surface area (Å²) < 4.78 is 5.09. The number of nitrogens with two attached hydrogens (primary N) is 1. The number of hydrogen-bond donors (Lipinski definition) is 2. The third kappa shape index (κ3) is 1.90. The smallest absolute Gasteiger partial charge is 0.345 e. The van der Waals surface area contributed by atoms with Gasteiger partial charge >= 0.3 is 5.69 Å². The molecule has 0 aliphatic rings. The summed E-state index contributed by atoms with van der Waals surface area (Å²) in [5.41, 5.74) is 6.58. The van der Waals surface area contributed by atoms with Crippen LogP contribution in [0.2, 0.25) is 0 Å². The topological polar surface area (TPSA) is 81.0 Å². The molecule has 0 atom stereocenters. The maximum absolute atomic E-state index is 11.3. The van der Waals surface area contributed by atoms with Crippen molar-refractivity contribution in [2.75, 3.05) is 13.7 Å². The van der Waals surface area contributed by atoms with Gasteiger partial charge in [-0.15, -0.1) is 0 Å². The van der Waals surface area contributed by atoms with Crippen LogP contribution in [0.3, 0.4) is 0 Å². The molecule has 5 heteroatoms. The standard InChI is InChI=1S/C11H13N3O2/c1-16-7-2-3-8-9(4-5-12)13-11(15)14-10(8)6-7/h2-3,6H,4-5,12H2,1H3,(H,13,14,15). The molecule has 0 bridgehead atoms. The molecule has 0 fully saturated rings.